The molecule has 0 atom stereocenters. The van der Waals surface area contributed by atoms with Crippen LogP contribution in [0.4, 0.5) is 0 Å². The molecule has 0 N–H and O–H groups in total. The lowest BCUT2D eigenvalue weighted by Crippen LogP contribution is -1.98. The van der Waals surface area contributed by atoms with Gasteiger partial charge in [0.15, 0.2) is 5.75 Å². The van der Waals surface area contributed by atoms with Crippen molar-refractivity contribution in [2.24, 2.45) is 0 Å². The lowest BCUT2D eigenvalue weighted by Gasteiger charge is -2.10. The molecule has 2 nitrogen and oxygen atoms in total. The first-order valence-electron chi connectivity index (χ1n) is 5.36. The van der Waals surface area contributed by atoms with E-state index in [1.165, 1.54) is 0 Å². The standard InChI is InChI=1S/C14H8BrCl2NO/c15-13-6-12(17)5-10(7-18)14(13)19-8-9-1-3-11(16)4-2-9/h1-6H,8H2. The van der Waals surface area contributed by atoms with Crippen molar-refractivity contribution in [1.29, 1.82) is 5.26 Å². The highest BCUT2D eigenvalue weighted by Gasteiger charge is 2.10. The molecule has 0 saturated carbocycles. The van der Waals surface area contributed by atoms with E-state index < -0.39 is 0 Å². The molecule has 2 rings (SSSR count). The molecule has 0 amide bonds. The van der Waals surface area contributed by atoms with E-state index in [0.717, 1.165) is 5.56 Å². The van der Waals surface area contributed by atoms with Crippen molar-refractivity contribution in [2.75, 3.05) is 0 Å². The fraction of sp³-hybridized carbons (Fsp3) is 0.0714. The van der Waals surface area contributed by atoms with Crippen molar-refractivity contribution in [3.05, 3.63) is 62.0 Å². The van der Waals surface area contributed by atoms with Crippen molar-refractivity contribution >= 4 is 39.1 Å². The van der Waals surface area contributed by atoms with Gasteiger partial charge in [-0.2, -0.15) is 5.26 Å². The Labute approximate surface area is 129 Å². The molecule has 0 spiro atoms. The Bertz CT molecular complexity index is 635. The molecule has 0 radical (unpaired) electrons. The van der Waals surface area contributed by atoms with Gasteiger partial charge < -0.3 is 4.74 Å². The second-order valence-electron chi connectivity index (χ2n) is 3.79. The molecular weight excluding hydrogens is 349 g/mol. The van der Waals surface area contributed by atoms with Crippen LogP contribution in [0.1, 0.15) is 11.1 Å². The molecule has 0 aliphatic rings. The van der Waals surface area contributed by atoms with Crippen LogP contribution in [0.15, 0.2) is 40.9 Å². The van der Waals surface area contributed by atoms with Gasteiger partial charge in [-0.3, -0.25) is 0 Å². The van der Waals surface area contributed by atoms with E-state index in [4.69, 9.17) is 33.2 Å². The van der Waals surface area contributed by atoms with E-state index in [0.29, 0.717) is 32.4 Å². The maximum absolute atomic E-state index is 9.07. The molecule has 0 aromatic heterocycles. The zero-order valence-electron chi connectivity index (χ0n) is 9.66. The third-order valence-electron chi connectivity index (χ3n) is 2.43. The minimum atomic E-state index is 0.353. The van der Waals surface area contributed by atoms with Gasteiger partial charge in [0.1, 0.15) is 12.7 Å². The Morgan fingerprint density at radius 3 is 2.42 bits per heavy atom. The van der Waals surface area contributed by atoms with Crippen LogP contribution in [0.3, 0.4) is 0 Å². The van der Waals surface area contributed by atoms with E-state index in [2.05, 4.69) is 22.0 Å². The number of hydrogen-bond donors (Lipinski definition) is 0. The largest absolute Gasteiger partial charge is 0.486 e. The molecule has 2 aromatic carbocycles. The number of nitriles is 1. The molecule has 5 heteroatoms. The lowest BCUT2D eigenvalue weighted by molar-refractivity contribution is 0.303. The smallest absolute Gasteiger partial charge is 0.151 e. The fourth-order valence-electron chi connectivity index (χ4n) is 1.53. The molecule has 0 aliphatic carbocycles. The van der Waals surface area contributed by atoms with E-state index >= 15 is 0 Å². The first-order valence-corrected chi connectivity index (χ1v) is 6.91. The molecule has 0 aliphatic heterocycles. The Morgan fingerprint density at radius 2 is 1.79 bits per heavy atom. The number of nitrogens with zero attached hydrogens (tertiary/aromatic N) is 1. The highest BCUT2D eigenvalue weighted by atomic mass is 79.9. The number of rotatable bonds is 3. The summed E-state index contributed by atoms with van der Waals surface area (Å²) in [6, 6.07) is 12.7. The highest BCUT2D eigenvalue weighted by Crippen LogP contribution is 2.32. The van der Waals surface area contributed by atoms with Crippen LogP contribution in [0.25, 0.3) is 0 Å². The van der Waals surface area contributed by atoms with Crippen molar-refractivity contribution in [1.82, 2.24) is 0 Å². The summed E-state index contributed by atoms with van der Waals surface area (Å²) >= 11 is 15.0. The summed E-state index contributed by atoms with van der Waals surface area (Å²) in [5.41, 5.74) is 1.36. The quantitative estimate of drug-likeness (QED) is 0.756. The minimum Gasteiger partial charge on any atom is -0.486 e. The van der Waals surface area contributed by atoms with Gasteiger partial charge >= 0.3 is 0 Å². The van der Waals surface area contributed by atoms with Crippen molar-refractivity contribution in [2.45, 2.75) is 6.61 Å². The number of benzene rings is 2. The molecular formula is C14H8BrCl2NO. The summed E-state index contributed by atoms with van der Waals surface area (Å²) in [6.07, 6.45) is 0. The van der Waals surface area contributed by atoms with Crippen LogP contribution in [-0.2, 0) is 6.61 Å². The second-order valence-corrected chi connectivity index (χ2v) is 5.52. The minimum absolute atomic E-state index is 0.353. The van der Waals surface area contributed by atoms with Gasteiger partial charge in [0, 0.05) is 10.0 Å². The first-order chi connectivity index (χ1) is 9.10. The summed E-state index contributed by atoms with van der Waals surface area (Å²) in [6.45, 7) is 0.353. The van der Waals surface area contributed by atoms with Gasteiger partial charge in [0.2, 0.25) is 0 Å². The lowest BCUT2D eigenvalue weighted by atomic mass is 10.2. The topological polar surface area (TPSA) is 33.0 Å². The SMILES string of the molecule is N#Cc1cc(Cl)cc(Br)c1OCc1ccc(Cl)cc1. The maximum Gasteiger partial charge on any atom is 0.151 e. The zero-order chi connectivity index (χ0) is 13.8. The number of halogens is 3. The van der Waals surface area contributed by atoms with E-state index in [9.17, 15) is 0 Å². The van der Waals surface area contributed by atoms with Gasteiger partial charge in [0.25, 0.3) is 0 Å². The summed E-state index contributed by atoms with van der Waals surface area (Å²) < 4.78 is 6.33. The van der Waals surface area contributed by atoms with E-state index in [1.807, 2.05) is 12.1 Å². The molecule has 96 valence electrons. The van der Waals surface area contributed by atoms with Gasteiger partial charge in [0.05, 0.1) is 10.0 Å². The molecule has 0 saturated heterocycles. The summed E-state index contributed by atoms with van der Waals surface area (Å²) in [5, 5.41) is 10.2. The monoisotopic (exact) mass is 355 g/mol. The van der Waals surface area contributed by atoms with Crippen LogP contribution in [0.2, 0.25) is 10.0 Å². The van der Waals surface area contributed by atoms with Crippen molar-refractivity contribution < 1.29 is 4.74 Å². The molecule has 2 aromatic rings. The third kappa shape index (κ3) is 3.63. The predicted octanol–water partition coefficient (Wildman–Crippen LogP) is 5.21. The number of ether oxygens (including phenoxy) is 1. The molecule has 0 heterocycles. The second kappa shape index (κ2) is 6.29. The van der Waals surface area contributed by atoms with Gasteiger partial charge in [-0.1, -0.05) is 35.3 Å². The number of hydrogen-bond acceptors (Lipinski definition) is 2. The normalized spacial score (nSPS) is 10.0. The van der Waals surface area contributed by atoms with Crippen LogP contribution >= 0.6 is 39.1 Å². The third-order valence-corrected chi connectivity index (χ3v) is 3.48. The Morgan fingerprint density at radius 1 is 1.11 bits per heavy atom. The predicted molar refractivity (Wildman–Crippen MR) is 79.7 cm³/mol. The van der Waals surface area contributed by atoms with Crippen molar-refractivity contribution in [3.8, 4) is 11.8 Å². The van der Waals surface area contributed by atoms with Crippen LogP contribution < -0.4 is 4.74 Å². The summed E-state index contributed by atoms with van der Waals surface area (Å²) in [7, 11) is 0. The first kappa shape index (κ1) is 14.2. The zero-order valence-corrected chi connectivity index (χ0v) is 12.8. The molecule has 19 heavy (non-hydrogen) atoms. The van der Waals surface area contributed by atoms with Crippen LogP contribution in [0, 0.1) is 11.3 Å². The summed E-state index contributed by atoms with van der Waals surface area (Å²) in [4.78, 5) is 0. The van der Waals surface area contributed by atoms with Crippen molar-refractivity contribution in [3.63, 3.8) is 0 Å². The average molecular weight is 357 g/mol. The Hall–Kier alpha value is -1.21. The summed E-state index contributed by atoms with van der Waals surface area (Å²) in [5.74, 6) is 0.488. The van der Waals surface area contributed by atoms with Gasteiger partial charge in [-0.05, 0) is 45.8 Å². The highest BCUT2D eigenvalue weighted by molar-refractivity contribution is 9.10. The van der Waals surface area contributed by atoms with Gasteiger partial charge in [-0.15, -0.1) is 0 Å². The average Bonchev–Trinajstić information content (AvgIpc) is 2.39. The van der Waals surface area contributed by atoms with Crippen LogP contribution in [-0.4, -0.2) is 0 Å². The Balaban J connectivity index is 2.20. The molecule has 0 fully saturated rings. The molecule has 0 bridgehead atoms. The van der Waals surface area contributed by atoms with E-state index in [1.54, 1.807) is 24.3 Å². The maximum atomic E-state index is 9.07. The fourth-order valence-corrected chi connectivity index (χ4v) is 2.58. The molecule has 0 unspecified atom stereocenters. The van der Waals surface area contributed by atoms with Crippen LogP contribution in [0.5, 0.6) is 5.75 Å². The van der Waals surface area contributed by atoms with E-state index in [-0.39, 0.29) is 0 Å². The van der Waals surface area contributed by atoms with Gasteiger partial charge in [-0.25, -0.2) is 0 Å². The Kier molecular flexibility index (Phi) is 4.71.